The largest absolute Gasteiger partial charge is 0.381 e. The Balaban J connectivity index is 2.08. The van der Waals surface area contributed by atoms with Gasteiger partial charge in [-0.1, -0.05) is 28.1 Å². The molecule has 16 heavy (non-hydrogen) atoms. The first-order valence-electron chi connectivity index (χ1n) is 5.62. The number of alkyl halides is 1. The van der Waals surface area contributed by atoms with Gasteiger partial charge in [0.05, 0.1) is 0 Å². The molecule has 1 aromatic carbocycles. The fourth-order valence-corrected chi connectivity index (χ4v) is 2.82. The monoisotopic (exact) mass is 302 g/mol. The molecule has 1 aliphatic heterocycles. The molecule has 1 nitrogen and oxygen atoms in total. The molecule has 3 heteroatoms. The molecule has 0 saturated carbocycles. The van der Waals surface area contributed by atoms with Crippen molar-refractivity contribution >= 4 is 27.5 Å². The average Bonchev–Trinajstić information content (AvgIpc) is 2.33. The fraction of sp³-hybridized carbons (Fsp3) is 0.538. The first kappa shape index (κ1) is 12.4. The SMILES string of the molecule is ClCC1(Cc2ccc(Br)cc2)CCOCC1. The fourth-order valence-electron chi connectivity index (χ4n) is 2.20. The van der Waals surface area contributed by atoms with Gasteiger partial charge in [0.25, 0.3) is 0 Å². The molecular weight excluding hydrogens is 287 g/mol. The zero-order valence-electron chi connectivity index (χ0n) is 9.22. The summed E-state index contributed by atoms with van der Waals surface area (Å²) in [6, 6.07) is 8.54. The zero-order valence-corrected chi connectivity index (χ0v) is 11.6. The highest BCUT2D eigenvalue weighted by Gasteiger charge is 2.31. The van der Waals surface area contributed by atoms with E-state index in [-0.39, 0.29) is 5.41 Å². The molecule has 0 N–H and O–H groups in total. The lowest BCUT2D eigenvalue weighted by molar-refractivity contribution is 0.0258. The molecule has 1 aliphatic rings. The van der Waals surface area contributed by atoms with E-state index < -0.39 is 0 Å². The lowest BCUT2D eigenvalue weighted by Gasteiger charge is -2.35. The van der Waals surface area contributed by atoms with E-state index >= 15 is 0 Å². The normalized spacial score (nSPS) is 19.6. The van der Waals surface area contributed by atoms with Gasteiger partial charge in [-0.3, -0.25) is 0 Å². The van der Waals surface area contributed by atoms with Crippen LogP contribution in [0.2, 0.25) is 0 Å². The van der Waals surface area contributed by atoms with E-state index in [1.165, 1.54) is 5.56 Å². The standard InChI is InChI=1S/C13H16BrClO/c14-12-3-1-11(2-4-12)9-13(10-15)5-7-16-8-6-13/h1-4H,5-10H2. The molecule has 0 amide bonds. The second-order valence-electron chi connectivity index (χ2n) is 4.55. The summed E-state index contributed by atoms with van der Waals surface area (Å²) in [5.41, 5.74) is 1.61. The van der Waals surface area contributed by atoms with Crippen LogP contribution in [0.1, 0.15) is 18.4 Å². The van der Waals surface area contributed by atoms with E-state index in [0.29, 0.717) is 0 Å². The number of hydrogen-bond acceptors (Lipinski definition) is 1. The predicted octanol–water partition coefficient (Wildman–Crippen LogP) is 4.03. The van der Waals surface area contributed by atoms with Gasteiger partial charge in [-0.2, -0.15) is 0 Å². The summed E-state index contributed by atoms with van der Waals surface area (Å²) in [5.74, 6) is 0.729. The van der Waals surface area contributed by atoms with Gasteiger partial charge in [-0.15, -0.1) is 11.6 Å². The minimum Gasteiger partial charge on any atom is -0.381 e. The van der Waals surface area contributed by atoms with Crippen molar-refractivity contribution in [2.75, 3.05) is 19.1 Å². The molecule has 0 aromatic heterocycles. The van der Waals surface area contributed by atoms with Crippen LogP contribution >= 0.6 is 27.5 Å². The Morgan fingerprint density at radius 1 is 1.19 bits per heavy atom. The number of hydrogen-bond donors (Lipinski definition) is 0. The predicted molar refractivity (Wildman–Crippen MR) is 71.1 cm³/mol. The highest BCUT2D eigenvalue weighted by Crippen LogP contribution is 2.35. The molecule has 0 atom stereocenters. The molecular formula is C13H16BrClO. The minimum atomic E-state index is 0.244. The van der Waals surface area contributed by atoms with Crippen LogP contribution in [-0.4, -0.2) is 19.1 Å². The van der Waals surface area contributed by atoms with Crippen molar-refractivity contribution < 1.29 is 4.74 Å². The number of halogens is 2. The van der Waals surface area contributed by atoms with Crippen LogP contribution in [0.5, 0.6) is 0 Å². The quantitative estimate of drug-likeness (QED) is 0.766. The van der Waals surface area contributed by atoms with Crippen LogP contribution in [0.15, 0.2) is 28.7 Å². The number of rotatable bonds is 3. The summed E-state index contributed by atoms with van der Waals surface area (Å²) in [5, 5.41) is 0. The third-order valence-corrected chi connectivity index (χ3v) is 4.42. The van der Waals surface area contributed by atoms with Crippen LogP contribution in [-0.2, 0) is 11.2 Å². The van der Waals surface area contributed by atoms with Gasteiger partial charge >= 0.3 is 0 Å². The maximum atomic E-state index is 6.15. The lowest BCUT2D eigenvalue weighted by Crippen LogP contribution is -2.33. The van der Waals surface area contributed by atoms with E-state index in [1.54, 1.807) is 0 Å². The van der Waals surface area contributed by atoms with Crippen molar-refractivity contribution in [2.45, 2.75) is 19.3 Å². The van der Waals surface area contributed by atoms with Gasteiger partial charge in [-0.25, -0.2) is 0 Å². The Hall–Kier alpha value is -0.0500. The number of ether oxygens (including phenoxy) is 1. The Morgan fingerprint density at radius 2 is 1.81 bits per heavy atom. The van der Waals surface area contributed by atoms with Crippen LogP contribution in [0.4, 0.5) is 0 Å². The molecule has 0 aliphatic carbocycles. The second-order valence-corrected chi connectivity index (χ2v) is 5.73. The van der Waals surface area contributed by atoms with Crippen LogP contribution < -0.4 is 0 Å². The highest BCUT2D eigenvalue weighted by atomic mass is 79.9. The van der Waals surface area contributed by atoms with Crippen LogP contribution in [0, 0.1) is 5.41 Å². The van der Waals surface area contributed by atoms with Crippen LogP contribution in [0.25, 0.3) is 0 Å². The maximum Gasteiger partial charge on any atom is 0.0471 e. The second kappa shape index (κ2) is 5.52. The first-order valence-corrected chi connectivity index (χ1v) is 6.95. The summed E-state index contributed by atoms with van der Waals surface area (Å²) >= 11 is 9.61. The van der Waals surface area contributed by atoms with Gasteiger partial charge in [-0.05, 0) is 42.4 Å². The Morgan fingerprint density at radius 3 is 2.38 bits per heavy atom. The molecule has 0 spiro atoms. The van der Waals surface area contributed by atoms with Gasteiger partial charge < -0.3 is 4.74 Å². The summed E-state index contributed by atoms with van der Waals surface area (Å²) in [7, 11) is 0. The van der Waals surface area contributed by atoms with Gasteiger partial charge in [0.1, 0.15) is 0 Å². The van der Waals surface area contributed by atoms with E-state index in [0.717, 1.165) is 42.8 Å². The van der Waals surface area contributed by atoms with Crippen molar-refractivity contribution in [1.82, 2.24) is 0 Å². The average molecular weight is 304 g/mol. The molecule has 1 aromatic rings. The third kappa shape index (κ3) is 2.99. The topological polar surface area (TPSA) is 9.23 Å². The summed E-state index contributed by atoms with van der Waals surface area (Å²) in [6.45, 7) is 1.70. The third-order valence-electron chi connectivity index (χ3n) is 3.33. The Bertz CT molecular complexity index is 330. The zero-order chi connectivity index (χ0) is 11.4. The molecule has 0 bridgehead atoms. The smallest absolute Gasteiger partial charge is 0.0471 e. The molecule has 1 saturated heterocycles. The summed E-state index contributed by atoms with van der Waals surface area (Å²) in [4.78, 5) is 0. The summed E-state index contributed by atoms with van der Waals surface area (Å²) < 4.78 is 6.55. The van der Waals surface area contributed by atoms with Crippen LogP contribution in [0.3, 0.4) is 0 Å². The summed E-state index contributed by atoms with van der Waals surface area (Å²) in [6.07, 6.45) is 3.21. The molecule has 0 unspecified atom stereocenters. The van der Waals surface area contributed by atoms with Crippen molar-refractivity contribution in [2.24, 2.45) is 5.41 Å². The molecule has 1 fully saturated rings. The van der Waals surface area contributed by atoms with Gasteiger partial charge in [0.15, 0.2) is 0 Å². The van der Waals surface area contributed by atoms with E-state index in [9.17, 15) is 0 Å². The van der Waals surface area contributed by atoms with Crippen molar-refractivity contribution in [1.29, 1.82) is 0 Å². The molecule has 88 valence electrons. The minimum absolute atomic E-state index is 0.244. The van der Waals surface area contributed by atoms with Crippen molar-refractivity contribution in [3.05, 3.63) is 34.3 Å². The molecule has 0 radical (unpaired) electrons. The van der Waals surface area contributed by atoms with Gasteiger partial charge in [0, 0.05) is 23.6 Å². The van der Waals surface area contributed by atoms with E-state index in [2.05, 4.69) is 40.2 Å². The number of benzene rings is 1. The van der Waals surface area contributed by atoms with E-state index in [1.807, 2.05) is 0 Å². The molecule has 1 heterocycles. The lowest BCUT2D eigenvalue weighted by atomic mass is 9.77. The first-order chi connectivity index (χ1) is 7.74. The molecule has 2 rings (SSSR count). The maximum absolute atomic E-state index is 6.15. The van der Waals surface area contributed by atoms with Crippen molar-refractivity contribution in [3.63, 3.8) is 0 Å². The van der Waals surface area contributed by atoms with Crippen molar-refractivity contribution in [3.8, 4) is 0 Å². The van der Waals surface area contributed by atoms with E-state index in [4.69, 9.17) is 16.3 Å². The Kier molecular flexibility index (Phi) is 4.28. The Labute approximate surface area is 110 Å². The van der Waals surface area contributed by atoms with Gasteiger partial charge in [0.2, 0.25) is 0 Å². The highest BCUT2D eigenvalue weighted by molar-refractivity contribution is 9.10.